The number of carbonyl (C=O) groups is 1. The van der Waals surface area contributed by atoms with E-state index >= 15 is 0 Å². The minimum atomic E-state index is -4.75. The van der Waals surface area contributed by atoms with Crippen molar-refractivity contribution in [3.8, 4) is 0 Å². The average molecular weight is 579 g/mol. The summed E-state index contributed by atoms with van der Waals surface area (Å²) >= 11 is 0. The zero-order chi connectivity index (χ0) is 29.2. The van der Waals surface area contributed by atoms with Crippen LogP contribution >= 0.6 is 0 Å². The summed E-state index contributed by atoms with van der Waals surface area (Å²) in [7, 11) is 1.55. The number of rotatable bonds is 9. The van der Waals surface area contributed by atoms with Gasteiger partial charge < -0.3 is 20.4 Å². The van der Waals surface area contributed by atoms with E-state index in [1.165, 1.54) is 13.2 Å². The van der Waals surface area contributed by atoms with Gasteiger partial charge in [-0.25, -0.2) is 18.4 Å². The molecule has 1 aliphatic heterocycles. The number of likely N-dealkylation sites (tertiary alicyclic amines) is 1. The molecule has 0 spiro atoms. The van der Waals surface area contributed by atoms with Crippen LogP contribution in [0.25, 0.3) is 0 Å². The average Bonchev–Trinajstić information content (AvgIpc) is 2.85. The molecule has 3 heterocycles. The van der Waals surface area contributed by atoms with Gasteiger partial charge in [0.15, 0.2) is 0 Å². The van der Waals surface area contributed by atoms with Crippen molar-refractivity contribution in [1.29, 1.82) is 0 Å². The summed E-state index contributed by atoms with van der Waals surface area (Å²) in [6.07, 6.45) is -1.72. The van der Waals surface area contributed by atoms with Gasteiger partial charge in [-0.2, -0.15) is 18.2 Å². The lowest BCUT2D eigenvalue weighted by Gasteiger charge is -2.42. The van der Waals surface area contributed by atoms with E-state index in [9.17, 15) is 26.4 Å². The van der Waals surface area contributed by atoms with Crippen LogP contribution in [-0.4, -0.2) is 85.6 Å². The molecule has 0 aliphatic carbocycles. The Kier molecular flexibility index (Phi) is 8.16. The molecule has 0 unspecified atom stereocenters. The molecule has 11 nitrogen and oxygen atoms in total. The van der Waals surface area contributed by atoms with E-state index in [-0.39, 0.29) is 24.2 Å². The van der Waals surface area contributed by atoms with E-state index in [1.54, 1.807) is 41.3 Å². The van der Waals surface area contributed by atoms with Crippen LogP contribution in [0, 0.1) is 0 Å². The van der Waals surface area contributed by atoms with Crippen molar-refractivity contribution >= 4 is 39.2 Å². The number of aromatic nitrogens is 3. The topological polar surface area (TPSA) is 124 Å². The quantitative estimate of drug-likeness (QED) is 0.394. The molecule has 1 saturated heterocycles. The van der Waals surface area contributed by atoms with Gasteiger partial charge in [-0.1, -0.05) is 12.1 Å². The second-order valence-electron chi connectivity index (χ2n) is 9.56. The number of hydrogen-bond donors (Lipinski definition) is 2. The lowest BCUT2D eigenvalue weighted by Crippen LogP contribution is -2.59. The summed E-state index contributed by atoms with van der Waals surface area (Å²) in [5.41, 5.74) is 0.0830. The zero-order valence-electron chi connectivity index (χ0n) is 22.3. The molecule has 0 bridgehead atoms. The maximum atomic E-state index is 13.7. The number of anilines is 4. The summed E-state index contributed by atoms with van der Waals surface area (Å²) in [4.78, 5) is 28.5. The Morgan fingerprint density at radius 2 is 1.85 bits per heavy atom. The molecule has 1 amide bonds. The third-order valence-electron chi connectivity index (χ3n) is 6.45. The standard InChI is InChI=1S/C25H29F3N8O3S/c1-34(2)19-14-36(15-19)23(37)16-7-5-9-18(11-16)32-24-31-13-20(25(26,27)28)21(33-24)30-12-17-8-6-10-29-22(17)35(3)40(4,38)39/h5-11,13,19H,12,14-15H2,1-4H3,(H2,30,31,32,33). The second-order valence-corrected chi connectivity index (χ2v) is 11.6. The molecule has 0 saturated carbocycles. The number of amides is 1. The summed E-state index contributed by atoms with van der Waals surface area (Å²) in [5, 5.41) is 5.50. The van der Waals surface area contributed by atoms with Crippen LogP contribution in [-0.2, 0) is 22.7 Å². The summed E-state index contributed by atoms with van der Waals surface area (Å²) in [5.74, 6) is -0.719. The molecule has 40 heavy (non-hydrogen) atoms. The highest BCUT2D eigenvalue weighted by Crippen LogP contribution is 2.34. The van der Waals surface area contributed by atoms with E-state index in [0.29, 0.717) is 42.1 Å². The minimum absolute atomic E-state index is 0.0686. The van der Waals surface area contributed by atoms with Crippen LogP contribution in [0.15, 0.2) is 48.8 Å². The van der Waals surface area contributed by atoms with Gasteiger partial charge in [0.25, 0.3) is 5.91 Å². The summed E-state index contributed by atoms with van der Waals surface area (Å²) in [6.45, 7) is 1.02. The van der Waals surface area contributed by atoms with E-state index in [1.807, 2.05) is 19.0 Å². The predicted molar refractivity (Wildman–Crippen MR) is 145 cm³/mol. The maximum absolute atomic E-state index is 13.7. The Morgan fingerprint density at radius 3 is 2.50 bits per heavy atom. The third-order valence-corrected chi connectivity index (χ3v) is 7.62. The Balaban J connectivity index is 1.55. The molecule has 1 fully saturated rings. The molecule has 0 radical (unpaired) electrons. The van der Waals surface area contributed by atoms with E-state index in [0.717, 1.165) is 10.6 Å². The maximum Gasteiger partial charge on any atom is 0.421 e. The van der Waals surface area contributed by atoms with E-state index in [2.05, 4.69) is 25.6 Å². The van der Waals surface area contributed by atoms with Gasteiger partial charge in [0.2, 0.25) is 16.0 Å². The predicted octanol–water partition coefficient (Wildman–Crippen LogP) is 3.03. The largest absolute Gasteiger partial charge is 0.421 e. The number of nitrogens with one attached hydrogen (secondary N) is 2. The number of halogens is 3. The first kappa shape index (κ1) is 29.0. The third kappa shape index (κ3) is 6.59. The number of benzene rings is 1. The molecule has 2 N–H and O–H groups in total. The van der Waals surface area contributed by atoms with E-state index < -0.39 is 27.6 Å². The smallest absolute Gasteiger partial charge is 0.365 e. The fraction of sp³-hybridized carbons (Fsp3) is 0.360. The van der Waals surface area contributed by atoms with Crippen LogP contribution in [0.4, 0.5) is 36.4 Å². The first-order valence-corrected chi connectivity index (χ1v) is 14.0. The fourth-order valence-corrected chi connectivity index (χ4v) is 4.44. The molecule has 0 atom stereocenters. The molecular weight excluding hydrogens is 549 g/mol. The normalized spacial score (nSPS) is 14.2. The monoisotopic (exact) mass is 578 g/mol. The lowest BCUT2D eigenvalue weighted by atomic mass is 10.1. The van der Waals surface area contributed by atoms with E-state index in [4.69, 9.17) is 0 Å². The first-order valence-electron chi connectivity index (χ1n) is 12.1. The number of hydrogen-bond acceptors (Lipinski definition) is 9. The Bertz CT molecular complexity index is 1490. The Labute approximate surface area is 230 Å². The fourth-order valence-electron chi connectivity index (χ4n) is 3.96. The van der Waals surface area contributed by atoms with Gasteiger partial charge in [-0.3, -0.25) is 9.10 Å². The lowest BCUT2D eigenvalue weighted by molar-refractivity contribution is -0.137. The van der Waals surface area contributed by atoms with Crippen LogP contribution in [0.2, 0.25) is 0 Å². The van der Waals surface area contributed by atoms with Crippen molar-refractivity contribution in [2.45, 2.75) is 18.8 Å². The van der Waals surface area contributed by atoms with Crippen LogP contribution in [0.3, 0.4) is 0 Å². The van der Waals surface area contributed by atoms with Crippen molar-refractivity contribution in [3.05, 3.63) is 65.5 Å². The molecule has 214 valence electrons. The summed E-state index contributed by atoms with van der Waals surface area (Å²) in [6, 6.07) is 9.94. The van der Waals surface area contributed by atoms with Gasteiger partial charge >= 0.3 is 6.18 Å². The number of pyridine rings is 1. The van der Waals surface area contributed by atoms with Gasteiger partial charge in [0.05, 0.1) is 6.26 Å². The van der Waals surface area contributed by atoms with Crippen molar-refractivity contribution in [1.82, 2.24) is 24.8 Å². The first-order chi connectivity index (χ1) is 18.7. The SMILES string of the molecule is CN(C)C1CN(C(=O)c2cccc(Nc3ncc(C(F)(F)F)c(NCc4cccnc4N(C)S(C)(=O)=O)n3)c2)C1. The van der Waals surface area contributed by atoms with Crippen LogP contribution in [0.5, 0.6) is 0 Å². The molecule has 15 heteroatoms. The van der Waals surface area contributed by atoms with Gasteiger partial charge in [-0.15, -0.1) is 0 Å². The number of likely N-dealkylation sites (N-methyl/N-ethyl adjacent to an activating group) is 1. The molecule has 4 rings (SSSR count). The highest BCUT2D eigenvalue weighted by Gasteiger charge is 2.36. The van der Waals surface area contributed by atoms with Gasteiger partial charge in [0, 0.05) is 61.9 Å². The van der Waals surface area contributed by atoms with Crippen LogP contribution < -0.4 is 14.9 Å². The number of sulfonamides is 1. The number of alkyl halides is 3. The van der Waals surface area contributed by atoms with Crippen molar-refractivity contribution in [2.24, 2.45) is 0 Å². The van der Waals surface area contributed by atoms with Crippen LogP contribution in [0.1, 0.15) is 21.5 Å². The van der Waals surface area contributed by atoms with Gasteiger partial charge in [-0.05, 0) is 38.4 Å². The Morgan fingerprint density at radius 1 is 1.12 bits per heavy atom. The van der Waals surface area contributed by atoms with Crippen molar-refractivity contribution in [3.63, 3.8) is 0 Å². The van der Waals surface area contributed by atoms with Gasteiger partial charge in [0.1, 0.15) is 17.2 Å². The number of carbonyl (C=O) groups excluding carboxylic acids is 1. The number of nitrogens with zero attached hydrogens (tertiary/aromatic N) is 6. The Hall–Kier alpha value is -3.98. The molecular formula is C25H29F3N8O3S. The molecule has 1 aromatic carbocycles. The molecule has 3 aromatic rings. The molecule has 1 aliphatic rings. The highest BCUT2D eigenvalue weighted by atomic mass is 32.2. The summed E-state index contributed by atoms with van der Waals surface area (Å²) < 4.78 is 66.2. The molecule has 2 aromatic heterocycles. The second kappa shape index (κ2) is 11.3. The van der Waals surface area contributed by atoms with Crippen molar-refractivity contribution < 1.29 is 26.4 Å². The minimum Gasteiger partial charge on any atom is -0.365 e. The zero-order valence-corrected chi connectivity index (χ0v) is 23.1. The van der Waals surface area contributed by atoms with Crippen molar-refractivity contribution in [2.75, 3.05) is 55.4 Å². The highest BCUT2D eigenvalue weighted by molar-refractivity contribution is 7.92.